The zero-order valence-corrected chi connectivity index (χ0v) is 22.1. The van der Waals surface area contributed by atoms with Crippen molar-refractivity contribution in [3.05, 3.63) is 58.2 Å². The van der Waals surface area contributed by atoms with Gasteiger partial charge in [0.25, 0.3) is 10.0 Å². The van der Waals surface area contributed by atoms with Crippen molar-refractivity contribution in [1.82, 2.24) is 20.0 Å². The Balaban J connectivity index is 1.53. The molecule has 11 heteroatoms. The first-order valence-electron chi connectivity index (χ1n) is 11.5. The van der Waals surface area contributed by atoms with E-state index < -0.39 is 15.4 Å². The van der Waals surface area contributed by atoms with Crippen LogP contribution in [0.3, 0.4) is 0 Å². The van der Waals surface area contributed by atoms with Crippen LogP contribution >= 0.6 is 11.6 Å². The Labute approximate surface area is 210 Å². The smallest absolute Gasteiger partial charge is 0.263 e. The number of nitrogens with one attached hydrogen (secondary N) is 1. The fraction of sp³-hybridized carbons (Fsp3) is 0.458. The van der Waals surface area contributed by atoms with E-state index in [1.54, 1.807) is 24.5 Å². The number of anilines is 1. The number of ether oxygens (including phenoxy) is 1. The van der Waals surface area contributed by atoms with E-state index in [2.05, 4.69) is 31.7 Å². The van der Waals surface area contributed by atoms with Crippen molar-refractivity contribution in [2.45, 2.75) is 63.9 Å². The van der Waals surface area contributed by atoms with Gasteiger partial charge >= 0.3 is 0 Å². The Bertz CT molecular complexity index is 1300. The molecule has 9 nitrogen and oxygen atoms in total. The average Bonchev–Trinajstić information content (AvgIpc) is 3.18. The SMILES string of the molecule is CCOc1cnc(C(C)N2CCc3ccc(S(=O)(=O)Nc4noc(C(C)(C)C)c4Cl)cc3C2)cn1. The maximum absolute atomic E-state index is 13.1. The van der Waals surface area contributed by atoms with Crippen molar-refractivity contribution in [2.75, 3.05) is 17.9 Å². The number of fused-ring (bicyclic) bond motifs is 1. The first-order valence-corrected chi connectivity index (χ1v) is 13.3. The van der Waals surface area contributed by atoms with Crippen LogP contribution in [0.5, 0.6) is 5.88 Å². The van der Waals surface area contributed by atoms with Crippen molar-refractivity contribution in [3.8, 4) is 5.88 Å². The molecule has 0 bridgehead atoms. The van der Waals surface area contributed by atoms with Crippen LogP contribution in [-0.4, -0.2) is 41.6 Å². The molecule has 1 aliphatic heterocycles. The predicted octanol–water partition coefficient (Wildman–Crippen LogP) is 4.73. The normalized spacial score (nSPS) is 15.5. The highest BCUT2D eigenvalue weighted by Gasteiger charge is 2.29. The highest BCUT2D eigenvalue weighted by atomic mass is 35.5. The van der Waals surface area contributed by atoms with Gasteiger partial charge in [-0.05, 0) is 43.5 Å². The fourth-order valence-electron chi connectivity index (χ4n) is 4.00. The summed E-state index contributed by atoms with van der Waals surface area (Å²) in [5, 5.41) is 4.00. The molecule has 0 saturated heterocycles. The number of halogens is 1. The number of aromatic nitrogens is 3. The van der Waals surface area contributed by atoms with Crippen molar-refractivity contribution in [1.29, 1.82) is 0 Å². The maximum Gasteiger partial charge on any atom is 0.263 e. The van der Waals surface area contributed by atoms with Crippen LogP contribution in [0, 0.1) is 0 Å². The van der Waals surface area contributed by atoms with Gasteiger partial charge in [-0.2, -0.15) is 0 Å². The Hall–Kier alpha value is -2.69. The molecule has 0 spiro atoms. The molecule has 1 N–H and O–H groups in total. The summed E-state index contributed by atoms with van der Waals surface area (Å²) in [4.78, 5) is 11.2. The largest absolute Gasteiger partial charge is 0.477 e. The molecule has 0 saturated carbocycles. The molecule has 1 atom stereocenters. The lowest BCUT2D eigenvalue weighted by atomic mass is 9.93. The fourth-order valence-corrected chi connectivity index (χ4v) is 5.51. The number of hydrogen-bond donors (Lipinski definition) is 1. The molecule has 1 aliphatic rings. The van der Waals surface area contributed by atoms with E-state index in [0.717, 1.165) is 29.8 Å². The Morgan fingerprint density at radius 3 is 2.63 bits per heavy atom. The average molecular weight is 520 g/mol. The van der Waals surface area contributed by atoms with Gasteiger partial charge in [0.1, 0.15) is 5.02 Å². The van der Waals surface area contributed by atoms with Crippen LogP contribution in [0.15, 0.2) is 40.0 Å². The lowest BCUT2D eigenvalue weighted by Crippen LogP contribution is -2.33. The van der Waals surface area contributed by atoms with Crippen molar-refractivity contribution >= 4 is 27.4 Å². The highest BCUT2D eigenvalue weighted by molar-refractivity contribution is 7.92. The van der Waals surface area contributed by atoms with Gasteiger partial charge in [-0.1, -0.05) is 43.6 Å². The third-order valence-corrected chi connectivity index (χ3v) is 7.68. The predicted molar refractivity (Wildman–Crippen MR) is 133 cm³/mol. The second-order valence-corrected chi connectivity index (χ2v) is 11.6. The second kappa shape index (κ2) is 9.75. The quantitative estimate of drug-likeness (QED) is 0.476. The van der Waals surface area contributed by atoms with Crippen molar-refractivity contribution in [3.63, 3.8) is 0 Å². The van der Waals surface area contributed by atoms with Crippen LogP contribution in [0.4, 0.5) is 5.82 Å². The van der Waals surface area contributed by atoms with Crippen LogP contribution in [0.2, 0.25) is 5.02 Å². The minimum atomic E-state index is -3.91. The standard InChI is InChI=1S/C24H30ClN5O4S/c1-6-33-20-13-26-19(12-27-20)15(2)30-10-9-16-7-8-18(11-17(16)14-30)35(31,32)29-23-21(25)22(34-28-23)24(3,4)5/h7-8,11-13,15H,6,9-10,14H2,1-5H3,(H,28,29). The van der Waals surface area contributed by atoms with Crippen molar-refractivity contribution < 1.29 is 17.7 Å². The number of rotatable bonds is 7. The third kappa shape index (κ3) is 5.44. The number of sulfonamides is 1. The molecular weight excluding hydrogens is 490 g/mol. The van der Waals surface area contributed by atoms with E-state index in [-0.39, 0.29) is 21.8 Å². The van der Waals surface area contributed by atoms with Crippen LogP contribution in [0.1, 0.15) is 63.2 Å². The minimum Gasteiger partial charge on any atom is -0.477 e. The molecule has 1 unspecified atom stereocenters. The van der Waals surface area contributed by atoms with Gasteiger partial charge in [0, 0.05) is 18.5 Å². The molecule has 0 radical (unpaired) electrons. The monoisotopic (exact) mass is 519 g/mol. The summed E-state index contributed by atoms with van der Waals surface area (Å²) >= 11 is 6.35. The van der Waals surface area contributed by atoms with Gasteiger partial charge in [0.05, 0.1) is 35.6 Å². The van der Waals surface area contributed by atoms with Gasteiger partial charge in [0.15, 0.2) is 5.76 Å². The van der Waals surface area contributed by atoms with Gasteiger partial charge in [-0.3, -0.25) is 14.6 Å². The highest BCUT2D eigenvalue weighted by Crippen LogP contribution is 2.35. The summed E-state index contributed by atoms with van der Waals surface area (Å²) < 4.78 is 39.4. The Kier molecular flexibility index (Phi) is 7.08. The summed E-state index contributed by atoms with van der Waals surface area (Å²) in [6.45, 7) is 11.7. The summed E-state index contributed by atoms with van der Waals surface area (Å²) in [6, 6.07) is 5.19. The van der Waals surface area contributed by atoms with E-state index in [1.807, 2.05) is 33.8 Å². The van der Waals surface area contributed by atoms with Crippen LogP contribution in [0.25, 0.3) is 0 Å². The number of benzene rings is 1. The van der Waals surface area contributed by atoms with Crippen LogP contribution in [-0.2, 0) is 28.4 Å². The number of hydrogen-bond acceptors (Lipinski definition) is 8. The van der Waals surface area contributed by atoms with Gasteiger partial charge in [-0.25, -0.2) is 13.4 Å². The van der Waals surface area contributed by atoms with Gasteiger partial charge < -0.3 is 9.26 Å². The molecule has 4 rings (SSSR count). The molecule has 3 aromatic rings. The molecule has 0 amide bonds. The molecule has 0 aliphatic carbocycles. The van der Waals surface area contributed by atoms with E-state index in [9.17, 15) is 8.42 Å². The molecular formula is C24H30ClN5O4S. The second-order valence-electron chi connectivity index (χ2n) is 9.57. The van der Waals surface area contributed by atoms with Crippen molar-refractivity contribution in [2.24, 2.45) is 0 Å². The number of nitrogens with zero attached hydrogens (tertiary/aromatic N) is 4. The molecule has 0 fully saturated rings. The zero-order chi connectivity index (χ0) is 25.4. The lowest BCUT2D eigenvalue weighted by Gasteiger charge is -2.33. The van der Waals surface area contributed by atoms with Gasteiger partial charge in [0.2, 0.25) is 11.7 Å². The van der Waals surface area contributed by atoms with E-state index in [4.69, 9.17) is 20.9 Å². The molecule has 2 aromatic heterocycles. The van der Waals surface area contributed by atoms with Crippen LogP contribution < -0.4 is 9.46 Å². The zero-order valence-electron chi connectivity index (χ0n) is 20.5. The maximum atomic E-state index is 13.1. The van der Waals surface area contributed by atoms with Gasteiger partial charge in [-0.15, -0.1) is 0 Å². The Morgan fingerprint density at radius 2 is 2.00 bits per heavy atom. The third-order valence-electron chi connectivity index (χ3n) is 5.99. The van der Waals surface area contributed by atoms with E-state index in [1.165, 1.54) is 0 Å². The molecule has 188 valence electrons. The van der Waals surface area contributed by atoms with E-state index in [0.29, 0.717) is 24.8 Å². The summed E-state index contributed by atoms with van der Waals surface area (Å²) in [5.41, 5.74) is 2.50. The summed E-state index contributed by atoms with van der Waals surface area (Å²) in [7, 11) is -3.91. The molecule has 35 heavy (non-hydrogen) atoms. The first-order chi connectivity index (χ1) is 16.5. The molecule has 1 aromatic carbocycles. The first kappa shape index (κ1) is 25.4. The van der Waals surface area contributed by atoms with E-state index >= 15 is 0 Å². The summed E-state index contributed by atoms with van der Waals surface area (Å²) in [6.07, 6.45) is 4.16. The summed E-state index contributed by atoms with van der Waals surface area (Å²) in [5.74, 6) is 0.902. The molecule has 3 heterocycles. The Morgan fingerprint density at radius 1 is 1.23 bits per heavy atom. The lowest BCUT2D eigenvalue weighted by molar-refractivity contribution is 0.188. The minimum absolute atomic E-state index is 0.00877. The topological polar surface area (TPSA) is 110 Å².